The molecule has 12 nitrogen and oxygen atoms in total. The summed E-state index contributed by atoms with van der Waals surface area (Å²) in [5.74, 6) is -4.43. The van der Waals surface area contributed by atoms with Crippen LogP contribution in [0.3, 0.4) is 0 Å². The smallest absolute Gasteiger partial charge is 0.336 e. The van der Waals surface area contributed by atoms with Gasteiger partial charge in [0.05, 0.1) is 42.4 Å². The Bertz CT molecular complexity index is 1430. The van der Waals surface area contributed by atoms with Gasteiger partial charge in [0.15, 0.2) is 5.75 Å². The second kappa shape index (κ2) is 10.9. The largest absolute Gasteiger partial charge is 0.485 e. The Hall–Kier alpha value is -4.87. The molecule has 2 amide bonds. The van der Waals surface area contributed by atoms with E-state index >= 15 is 0 Å². The van der Waals surface area contributed by atoms with Crippen LogP contribution in [0.15, 0.2) is 58.7 Å². The molecule has 0 spiro atoms. The molecule has 0 saturated heterocycles. The van der Waals surface area contributed by atoms with Gasteiger partial charge in [-0.25, -0.2) is 4.79 Å². The van der Waals surface area contributed by atoms with Crippen LogP contribution in [0.4, 0.5) is 5.69 Å². The Morgan fingerprint density at radius 3 is 2.23 bits per heavy atom. The number of ether oxygens (including phenoxy) is 3. The molecule has 2 aromatic carbocycles. The first-order chi connectivity index (χ1) is 18.6. The van der Waals surface area contributed by atoms with E-state index in [2.05, 4.69) is 4.99 Å². The number of nitro groups is 1. The van der Waals surface area contributed by atoms with Crippen molar-refractivity contribution in [2.75, 3.05) is 27.4 Å². The number of nitrogens with zero attached hydrogens (tertiary/aromatic N) is 3. The summed E-state index contributed by atoms with van der Waals surface area (Å²) in [7, 11) is 2.38. The highest BCUT2D eigenvalue weighted by atomic mass is 16.6. The van der Waals surface area contributed by atoms with Crippen molar-refractivity contribution in [3.63, 3.8) is 0 Å². The lowest BCUT2D eigenvalue weighted by Gasteiger charge is -2.31. The quantitative estimate of drug-likeness (QED) is 0.215. The van der Waals surface area contributed by atoms with Crippen molar-refractivity contribution < 1.29 is 38.3 Å². The molecule has 39 heavy (non-hydrogen) atoms. The molecule has 0 radical (unpaired) electrons. The number of aliphatic imine (C=N–C) groups is 1. The fourth-order valence-electron chi connectivity index (χ4n) is 4.89. The molecule has 4 rings (SSSR count). The van der Waals surface area contributed by atoms with Gasteiger partial charge in [-0.15, -0.1) is 0 Å². The van der Waals surface area contributed by atoms with Crippen molar-refractivity contribution in [1.29, 1.82) is 0 Å². The Morgan fingerprint density at radius 2 is 1.67 bits per heavy atom. The summed E-state index contributed by atoms with van der Waals surface area (Å²) in [5, 5.41) is 12.0. The van der Waals surface area contributed by atoms with Crippen LogP contribution >= 0.6 is 0 Å². The van der Waals surface area contributed by atoms with Crippen molar-refractivity contribution in [3.8, 4) is 5.75 Å². The van der Waals surface area contributed by atoms with Crippen molar-refractivity contribution >= 4 is 35.2 Å². The first-order valence-corrected chi connectivity index (χ1v) is 11.9. The average molecular weight is 536 g/mol. The van der Waals surface area contributed by atoms with Crippen molar-refractivity contribution in [2.45, 2.75) is 19.8 Å². The molecule has 2 aliphatic rings. The third kappa shape index (κ3) is 4.88. The number of fused-ring (bicyclic) bond motifs is 1. The van der Waals surface area contributed by atoms with E-state index in [1.807, 2.05) is 0 Å². The van der Waals surface area contributed by atoms with Gasteiger partial charge >= 0.3 is 17.6 Å². The summed E-state index contributed by atoms with van der Waals surface area (Å²) in [6, 6.07) is 10.5. The number of hydrogen-bond acceptors (Lipinski definition) is 10. The standard InChI is InChI=1S/C27H25N3O9/c1-14-21(26(33)37-3)23(22(15(2)28-14)27(34)38-4)16-9-10-20(19(13-16)30(35)36)39-12-11-29-24(31)17-7-5-6-8-18(17)25(29)32/h5-10,13,21,23H,11-12H2,1-4H3. The first kappa shape index (κ1) is 27.2. The van der Waals surface area contributed by atoms with E-state index in [0.717, 1.165) is 4.90 Å². The van der Waals surface area contributed by atoms with Gasteiger partial charge in [0.1, 0.15) is 12.5 Å². The molecule has 0 saturated carbocycles. The number of carbonyl (C=O) groups is 4. The van der Waals surface area contributed by atoms with Crippen LogP contribution in [0.1, 0.15) is 46.0 Å². The third-order valence-electron chi connectivity index (χ3n) is 6.68. The molecule has 0 N–H and O–H groups in total. The minimum Gasteiger partial charge on any atom is -0.485 e. The van der Waals surface area contributed by atoms with Crippen LogP contribution < -0.4 is 4.74 Å². The fraction of sp³-hybridized carbons (Fsp3) is 0.296. The fourth-order valence-corrected chi connectivity index (χ4v) is 4.89. The summed E-state index contributed by atoms with van der Waals surface area (Å²) in [5.41, 5.74) is 1.18. The minimum absolute atomic E-state index is 0.0760. The van der Waals surface area contributed by atoms with E-state index < -0.39 is 46.2 Å². The molecule has 0 bridgehead atoms. The van der Waals surface area contributed by atoms with Gasteiger partial charge in [-0.2, -0.15) is 0 Å². The number of imide groups is 1. The molecule has 202 valence electrons. The summed E-state index contributed by atoms with van der Waals surface area (Å²) in [6.45, 7) is 2.87. The SMILES string of the molecule is COC(=O)C1=C(C)N=C(C)C(C(=O)OC)C1c1ccc(OCCN2C(=O)c3ccccc3C2=O)c([N+](=O)[O-])c1. The highest BCUT2D eigenvalue weighted by molar-refractivity contribution is 6.21. The maximum atomic E-state index is 12.7. The molecular formula is C27H25N3O9. The zero-order valence-electron chi connectivity index (χ0n) is 21.6. The van der Waals surface area contributed by atoms with Crippen molar-refractivity contribution in [1.82, 2.24) is 4.90 Å². The number of benzene rings is 2. The molecule has 2 aromatic rings. The predicted molar refractivity (Wildman–Crippen MR) is 136 cm³/mol. The van der Waals surface area contributed by atoms with Gasteiger partial charge in [0, 0.05) is 23.4 Å². The predicted octanol–water partition coefficient (Wildman–Crippen LogP) is 3.06. The van der Waals surface area contributed by atoms with Gasteiger partial charge in [-0.05, 0) is 37.6 Å². The van der Waals surface area contributed by atoms with Crippen molar-refractivity contribution in [2.24, 2.45) is 10.9 Å². The molecule has 12 heteroatoms. The Kier molecular flexibility index (Phi) is 7.56. The number of amides is 2. The molecule has 2 atom stereocenters. The third-order valence-corrected chi connectivity index (χ3v) is 6.68. The average Bonchev–Trinajstić information content (AvgIpc) is 3.16. The van der Waals surface area contributed by atoms with Gasteiger partial charge in [-0.1, -0.05) is 18.2 Å². The van der Waals surface area contributed by atoms with E-state index in [0.29, 0.717) is 11.4 Å². The van der Waals surface area contributed by atoms with Crippen LogP contribution in [0.5, 0.6) is 5.75 Å². The number of methoxy groups -OCH3 is 2. The van der Waals surface area contributed by atoms with Crippen molar-refractivity contribution in [3.05, 3.63) is 80.5 Å². The number of hydrogen-bond donors (Lipinski definition) is 0. The van der Waals surface area contributed by atoms with Crippen LogP contribution in [0, 0.1) is 16.0 Å². The second-order valence-electron chi connectivity index (χ2n) is 8.86. The maximum absolute atomic E-state index is 12.7. The van der Waals surface area contributed by atoms with E-state index in [-0.39, 0.29) is 41.2 Å². The lowest BCUT2D eigenvalue weighted by Crippen LogP contribution is -2.36. The topological polar surface area (TPSA) is 155 Å². The Labute approximate surface area is 223 Å². The number of rotatable bonds is 8. The summed E-state index contributed by atoms with van der Waals surface area (Å²) in [4.78, 5) is 67.2. The number of carbonyl (C=O) groups excluding carboxylic acids is 4. The molecule has 2 aliphatic heterocycles. The summed E-state index contributed by atoms with van der Waals surface area (Å²) >= 11 is 0. The molecular weight excluding hydrogens is 510 g/mol. The normalized spacial score (nSPS) is 18.5. The highest BCUT2D eigenvalue weighted by Crippen LogP contribution is 2.42. The Balaban J connectivity index is 1.63. The highest BCUT2D eigenvalue weighted by Gasteiger charge is 2.43. The second-order valence-corrected chi connectivity index (χ2v) is 8.86. The van der Waals surface area contributed by atoms with Gasteiger partial charge in [-0.3, -0.25) is 34.4 Å². The number of esters is 2. The molecule has 2 heterocycles. The molecule has 0 aromatic heterocycles. The van der Waals surface area contributed by atoms with Crippen LogP contribution in [-0.4, -0.2) is 66.7 Å². The van der Waals surface area contributed by atoms with E-state index in [1.54, 1.807) is 38.1 Å². The van der Waals surface area contributed by atoms with E-state index in [1.165, 1.54) is 32.4 Å². The van der Waals surface area contributed by atoms with Crippen LogP contribution in [0.25, 0.3) is 0 Å². The molecule has 2 unspecified atom stereocenters. The van der Waals surface area contributed by atoms with E-state index in [9.17, 15) is 29.3 Å². The Morgan fingerprint density at radius 1 is 1.03 bits per heavy atom. The zero-order valence-corrected chi connectivity index (χ0v) is 21.6. The lowest BCUT2D eigenvalue weighted by atomic mass is 9.75. The van der Waals surface area contributed by atoms with Crippen LogP contribution in [0.2, 0.25) is 0 Å². The lowest BCUT2D eigenvalue weighted by molar-refractivity contribution is -0.385. The van der Waals surface area contributed by atoms with Gasteiger partial charge < -0.3 is 14.2 Å². The molecule has 0 fully saturated rings. The minimum atomic E-state index is -1.02. The van der Waals surface area contributed by atoms with E-state index in [4.69, 9.17) is 14.2 Å². The number of allylic oxidation sites excluding steroid dienone is 1. The first-order valence-electron chi connectivity index (χ1n) is 11.9. The monoisotopic (exact) mass is 535 g/mol. The molecule has 0 aliphatic carbocycles. The maximum Gasteiger partial charge on any atom is 0.336 e. The number of nitro benzene ring substituents is 1. The van der Waals surface area contributed by atoms with Gasteiger partial charge in [0.25, 0.3) is 11.8 Å². The zero-order chi connectivity index (χ0) is 28.4. The summed E-state index contributed by atoms with van der Waals surface area (Å²) < 4.78 is 15.5. The van der Waals surface area contributed by atoms with Gasteiger partial charge in [0.2, 0.25) is 0 Å². The summed E-state index contributed by atoms with van der Waals surface area (Å²) in [6.07, 6.45) is 0. The van der Waals surface area contributed by atoms with Crippen LogP contribution in [-0.2, 0) is 19.1 Å².